The van der Waals surface area contributed by atoms with Gasteiger partial charge in [-0.1, -0.05) is 46.3 Å². The van der Waals surface area contributed by atoms with Crippen LogP contribution in [0.5, 0.6) is 0 Å². The fourth-order valence-corrected chi connectivity index (χ4v) is 3.98. The Labute approximate surface area is 171 Å². The molecule has 0 radical (unpaired) electrons. The number of nitrogens with zero attached hydrogens (tertiary/aromatic N) is 2. The van der Waals surface area contributed by atoms with Gasteiger partial charge in [0.25, 0.3) is 10.0 Å². The number of aromatic nitrogens is 1. The van der Waals surface area contributed by atoms with Crippen molar-refractivity contribution < 1.29 is 8.42 Å². The van der Waals surface area contributed by atoms with Crippen molar-refractivity contribution in [3.8, 4) is 5.69 Å². The third-order valence-corrected chi connectivity index (χ3v) is 6.03. The molecular weight excluding hydrogens is 438 g/mol. The second-order valence-corrected chi connectivity index (χ2v) is 8.72. The van der Waals surface area contributed by atoms with E-state index >= 15 is 0 Å². The monoisotopic (exact) mass is 453 g/mol. The van der Waals surface area contributed by atoms with E-state index in [0.717, 1.165) is 26.6 Å². The van der Waals surface area contributed by atoms with Gasteiger partial charge in [-0.2, -0.15) is 13.5 Å². The molecule has 4 aromatic rings. The molecule has 0 saturated heterocycles. The molecule has 5 nitrogen and oxygen atoms in total. The number of hydrazone groups is 1. The average molecular weight is 454 g/mol. The van der Waals surface area contributed by atoms with Crippen LogP contribution in [0, 0.1) is 0 Å². The summed E-state index contributed by atoms with van der Waals surface area (Å²) < 4.78 is 28.0. The van der Waals surface area contributed by atoms with Gasteiger partial charge in [0, 0.05) is 16.4 Å². The second-order valence-electron chi connectivity index (χ2n) is 6.14. The van der Waals surface area contributed by atoms with Crippen molar-refractivity contribution in [2.45, 2.75) is 4.90 Å². The zero-order chi connectivity index (χ0) is 19.6. The fraction of sp³-hybridized carbons (Fsp3) is 0. The van der Waals surface area contributed by atoms with Crippen molar-refractivity contribution >= 4 is 42.9 Å². The summed E-state index contributed by atoms with van der Waals surface area (Å²) in [7, 11) is -3.75. The Morgan fingerprint density at radius 2 is 1.64 bits per heavy atom. The Morgan fingerprint density at radius 3 is 2.43 bits per heavy atom. The standard InChI is InChI=1S/C21H16BrN3O2S/c22-18-8-10-19(11-9-18)25-13-3-6-20(25)15-23-24-28(26,27)21-12-7-16-4-1-2-5-17(16)14-21/h1-15,24H/b23-15+. The van der Waals surface area contributed by atoms with E-state index in [9.17, 15) is 8.42 Å². The Hall–Kier alpha value is -2.90. The van der Waals surface area contributed by atoms with Gasteiger partial charge in [-0.3, -0.25) is 0 Å². The maximum absolute atomic E-state index is 12.6. The van der Waals surface area contributed by atoms with E-state index in [-0.39, 0.29) is 4.90 Å². The highest BCUT2D eigenvalue weighted by atomic mass is 79.9. The maximum atomic E-state index is 12.6. The van der Waals surface area contributed by atoms with Gasteiger partial charge < -0.3 is 4.57 Å². The Kier molecular flexibility index (Phi) is 5.02. The van der Waals surface area contributed by atoms with E-state index in [4.69, 9.17) is 0 Å². The smallest absolute Gasteiger partial charge is 0.276 e. The number of hydrogen-bond donors (Lipinski definition) is 1. The molecule has 0 atom stereocenters. The topological polar surface area (TPSA) is 63.5 Å². The summed E-state index contributed by atoms with van der Waals surface area (Å²) in [6, 6.07) is 24.1. The molecule has 7 heteroatoms. The average Bonchev–Trinajstić information content (AvgIpc) is 3.16. The summed E-state index contributed by atoms with van der Waals surface area (Å²) in [5, 5.41) is 5.80. The van der Waals surface area contributed by atoms with Gasteiger partial charge in [0.05, 0.1) is 16.8 Å². The van der Waals surface area contributed by atoms with Gasteiger partial charge in [0.2, 0.25) is 0 Å². The molecule has 1 N–H and O–H groups in total. The number of hydrogen-bond acceptors (Lipinski definition) is 3. The zero-order valence-electron chi connectivity index (χ0n) is 14.7. The molecule has 0 aliphatic heterocycles. The number of fused-ring (bicyclic) bond motifs is 1. The van der Waals surface area contributed by atoms with Gasteiger partial charge in [-0.25, -0.2) is 4.83 Å². The summed E-state index contributed by atoms with van der Waals surface area (Å²) in [5.74, 6) is 0. The first kappa shape index (κ1) is 18.5. The first-order chi connectivity index (χ1) is 13.5. The molecule has 1 heterocycles. The highest BCUT2D eigenvalue weighted by Gasteiger charge is 2.13. The van der Waals surface area contributed by atoms with Crippen LogP contribution in [0.25, 0.3) is 16.5 Å². The quantitative estimate of drug-likeness (QED) is 0.351. The minimum atomic E-state index is -3.75. The molecule has 0 saturated carbocycles. The van der Waals surface area contributed by atoms with Gasteiger partial charge in [0.15, 0.2) is 0 Å². The lowest BCUT2D eigenvalue weighted by atomic mass is 10.1. The van der Waals surface area contributed by atoms with Gasteiger partial charge in [0.1, 0.15) is 0 Å². The van der Waals surface area contributed by atoms with E-state index < -0.39 is 10.0 Å². The lowest BCUT2D eigenvalue weighted by Crippen LogP contribution is -2.18. The number of nitrogens with one attached hydrogen (secondary N) is 1. The third-order valence-electron chi connectivity index (χ3n) is 4.29. The van der Waals surface area contributed by atoms with Crippen LogP contribution in [0.3, 0.4) is 0 Å². The van der Waals surface area contributed by atoms with Crippen molar-refractivity contribution in [1.82, 2.24) is 9.40 Å². The normalized spacial score (nSPS) is 11.9. The molecule has 3 aromatic carbocycles. The minimum Gasteiger partial charge on any atom is -0.316 e. The third kappa shape index (κ3) is 3.85. The molecule has 0 bridgehead atoms. The lowest BCUT2D eigenvalue weighted by Gasteiger charge is -2.07. The molecule has 0 aliphatic rings. The Balaban J connectivity index is 1.56. The van der Waals surface area contributed by atoms with E-state index in [1.54, 1.807) is 18.2 Å². The summed E-state index contributed by atoms with van der Waals surface area (Å²) >= 11 is 3.42. The Bertz CT molecular complexity index is 1260. The molecule has 140 valence electrons. The van der Waals surface area contributed by atoms with Gasteiger partial charge >= 0.3 is 0 Å². The van der Waals surface area contributed by atoms with Crippen molar-refractivity contribution in [2.75, 3.05) is 0 Å². The second kappa shape index (κ2) is 7.61. The molecular formula is C21H16BrN3O2S. The maximum Gasteiger partial charge on any atom is 0.276 e. The fourth-order valence-electron chi connectivity index (χ4n) is 2.89. The van der Waals surface area contributed by atoms with Crippen LogP contribution in [0.1, 0.15) is 5.69 Å². The first-order valence-corrected chi connectivity index (χ1v) is 10.8. The largest absolute Gasteiger partial charge is 0.316 e. The van der Waals surface area contributed by atoms with Crippen molar-refractivity contribution in [3.63, 3.8) is 0 Å². The van der Waals surface area contributed by atoms with Gasteiger partial charge in [-0.05, 0) is 59.3 Å². The summed E-state index contributed by atoms with van der Waals surface area (Å²) in [5.41, 5.74) is 1.70. The van der Waals surface area contributed by atoms with Crippen LogP contribution in [0.15, 0.2) is 99.5 Å². The summed E-state index contributed by atoms with van der Waals surface area (Å²) in [6.07, 6.45) is 3.38. The summed E-state index contributed by atoms with van der Waals surface area (Å²) in [4.78, 5) is 2.46. The van der Waals surface area contributed by atoms with Crippen LogP contribution < -0.4 is 4.83 Å². The highest BCUT2D eigenvalue weighted by Crippen LogP contribution is 2.19. The van der Waals surface area contributed by atoms with Crippen molar-refractivity contribution in [2.24, 2.45) is 5.10 Å². The van der Waals surface area contributed by atoms with Crippen LogP contribution in [0.2, 0.25) is 0 Å². The molecule has 0 unspecified atom stereocenters. The molecule has 0 fully saturated rings. The van der Waals surface area contributed by atoms with Crippen molar-refractivity contribution in [1.29, 1.82) is 0 Å². The number of sulfonamides is 1. The molecule has 1 aromatic heterocycles. The van der Waals surface area contributed by atoms with Crippen molar-refractivity contribution in [3.05, 3.63) is 95.2 Å². The van der Waals surface area contributed by atoms with E-state index in [2.05, 4.69) is 25.9 Å². The van der Waals surface area contributed by atoms with Crippen LogP contribution >= 0.6 is 15.9 Å². The van der Waals surface area contributed by atoms with E-state index in [1.165, 1.54) is 6.21 Å². The predicted molar refractivity (Wildman–Crippen MR) is 115 cm³/mol. The molecule has 28 heavy (non-hydrogen) atoms. The number of rotatable bonds is 5. The van der Waals surface area contributed by atoms with Crippen LogP contribution in [-0.2, 0) is 10.0 Å². The Morgan fingerprint density at radius 1 is 0.893 bits per heavy atom. The first-order valence-electron chi connectivity index (χ1n) is 8.50. The molecule has 0 amide bonds. The molecule has 0 aliphatic carbocycles. The molecule has 0 spiro atoms. The SMILES string of the molecule is O=S(=O)(N/N=C/c1cccn1-c1ccc(Br)cc1)c1ccc2ccccc2c1. The van der Waals surface area contributed by atoms with E-state index in [0.29, 0.717) is 0 Å². The van der Waals surface area contributed by atoms with E-state index in [1.807, 2.05) is 71.4 Å². The zero-order valence-corrected chi connectivity index (χ0v) is 17.1. The number of benzene rings is 3. The lowest BCUT2D eigenvalue weighted by molar-refractivity contribution is 0.585. The predicted octanol–water partition coefficient (Wildman–Crippen LogP) is 4.71. The summed E-state index contributed by atoms with van der Waals surface area (Å²) in [6.45, 7) is 0. The number of halogens is 1. The van der Waals surface area contributed by atoms with Crippen LogP contribution in [0.4, 0.5) is 0 Å². The molecule has 4 rings (SSSR count). The van der Waals surface area contributed by atoms with Crippen LogP contribution in [-0.4, -0.2) is 19.2 Å². The minimum absolute atomic E-state index is 0.173. The highest BCUT2D eigenvalue weighted by molar-refractivity contribution is 9.10. The van der Waals surface area contributed by atoms with Gasteiger partial charge in [-0.15, -0.1) is 0 Å².